The van der Waals surface area contributed by atoms with Gasteiger partial charge in [-0.05, 0) is 31.2 Å². The van der Waals surface area contributed by atoms with Crippen LogP contribution in [0.15, 0.2) is 41.0 Å². The smallest absolute Gasteiger partial charge is 0.254 e. The molecule has 3 N–H and O–H groups in total. The van der Waals surface area contributed by atoms with Gasteiger partial charge in [-0.3, -0.25) is 4.79 Å². The molecule has 0 spiro atoms. The molecule has 94 valence electrons. The van der Waals surface area contributed by atoms with E-state index < -0.39 is 11.7 Å². The number of carbonyl (C=O) groups is 1. The van der Waals surface area contributed by atoms with Crippen LogP contribution in [0.2, 0.25) is 0 Å². The second kappa shape index (κ2) is 4.91. The van der Waals surface area contributed by atoms with Gasteiger partial charge < -0.3 is 15.5 Å². The number of para-hydroxylation sites is 1. The fraction of sp³-hybridized carbons (Fsp3) is 0.154. The Bertz CT molecular complexity index is 552. The summed E-state index contributed by atoms with van der Waals surface area (Å²) in [7, 11) is 0. The maximum absolute atomic E-state index is 13.2. The van der Waals surface area contributed by atoms with Gasteiger partial charge in [0.05, 0.1) is 23.6 Å². The van der Waals surface area contributed by atoms with E-state index in [-0.39, 0.29) is 17.3 Å². The summed E-state index contributed by atoms with van der Waals surface area (Å²) in [5.74, 6) is -0.414. The highest BCUT2D eigenvalue weighted by Gasteiger charge is 2.16. The van der Waals surface area contributed by atoms with Crippen LogP contribution < -0.4 is 11.1 Å². The molecule has 5 heteroatoms. The van der Waals surface area contributed by atoms with Crippen molar-refractivity contribution in [1.29, 1.82) is 0 Å². The average molecular weight is 248 g/mol. The van der Waals surface area contributed by atoms with Crippen molar-refractivity contribution in [2.75, 3.05) is 5.73 Å². The summed E-state index contributed by atoms with van der Waals surface area (Å²) in [5, 5.41) is 2.69. The number of benzene rings is 1. The van der Waals surface area contributed by atoms with Gasteiger partial charge in [-0.15, -0.1) is 0 Å². The van der Waals surface area contributed by atoms with Crippen molar-refractivity contribution in [3.8, 4) is 0 Å². The number of furan rings is 1. The van der Waals surface area contributed by atoms with E-state index in [2.05, 4.69) is 5.32 Å². The van der Waals surface area contributed by atoms with Gasteiger partial charge in [0.1, 0.15) is 11.6 Å². The Morgan fingerprint density at radius 2 is 2.17 bits per heavy atom. The highest BCUT2D eigenvalue weighted by molar-refractivity contribution is 5.99. The Morgan fingerprint density at radius 3 is 2.83 bits per heavy atom. The molecular weight excluding hydrogens is 235 g/mol. The van der Waals surface area contributed by atoms with Gasteiger partial charge in [-0.1, -0.05) is 6.07 Å². The molecule has 0 aliphatic heterocycles. The molecule has 0 saturated carbocycles. The number of amides is 1. The summed E-state index contributed by atoms with van der Waals surface area (Å²) in [5.41, 5.74) is 5.49. The lowest BCUT2D eigenvalue weighted by Crippen LogP contribution is -2.27. The third-order valence-corrected chi connectivity index (χ3v) is 2.62. The summed E-state index contributed by atoms with van der Waals surface area (Å²) in [6.45, 7) is 1.77. The molecule has 0 saturated heterocycles. The highest BCUT2D eigenvalue weighted by atomic mass is 19.1. The minimum Gasteiger partial charge on any atom is -0.467 e. The summed E-state index contributed by atoms with van der Waals surface area (Å²) >= 11 is 0. The Balaban J connectivity index is 2.15. The minimum atomic E-state index is -0.603. The van der Waals surface area contributed by atoms with Crippen molar-refractivity contribution < 1.29 is 13.6 Å². The molecule has 2 rings (SSSR count). The van der Waals surface area contributed by atoms with E-state index in [9.17, 15) is 9.18 Å². The molecule has 2 aromatic rings. The van der Waals surface area contributed by atoms with Crippen LogP contribution in [0.3, 0.4) is 0 Å². The van der Waals surface area contributed by atoms with E-state index in [1.165, 1.54) is 24.5 Å². The van der Waals surface area contributed by atoms with Crippen molar-refractivity contribution in [3.63, 3.8) is 0 Å². The number of nitrogens with one attached hydrogen (secondary N) is 1. The first-order chi connectivity index (χ1) is 8.59. The van der Waals surface area contributed by atoms with E-state index in [4.69, 9.17) is 10.2 Å². The lowest BCUT2D eigenvalue weighted by atomic mass is 10.1. The van der Waals surface area contributed by atoms with Crippen LogP contribution in [-0.4, -0.2) is 5.91 Å². The molecule has 4 nitrogen and oxygen atoms in total. The van der Waals surface area contributed by atoms with Crippen molar-refractivity contribution >= 4 is 11.6 Å². The largest absolute Gasteiger partial charge is 0.467 e. The van der Waals surface area contributed by atoms with E-state index in [0.717, 1.165) is 0 Å². The lowest BCUT2D eigenvalue weighted by Gasteiger charge is -2.12. The van der Waals surface area contributed by atoms with Crippen LogP contribution in [0, 0.1) is 5.82 Å². The molecule has 0 fully saturated rings. The Kier molecular flexibility index (Phi) is 3.32. The van der Waals surface area contributed by atoms with E-state index >= 15 is 0 Å². The van der Waals surface area contributed by atoms with Gasteiger partial charge in [0.25, 0.3) is 5.91 Å². The first kappa shape index (κ1) is 12.2. The molecule has 0 aliphatic carbocycles. The zero-order chi connectivity index (χ0) is 13.1. The summed E-state index contributed by atoms with van der Waals surface area (Å²) in [6.07, 6.45) is 1.52. The van der Waals surface area contributed by atoms with Crippen molar-refractivity contribution in [2.24, 2.45) is 0 Å². The van der Waals surface area contributed by atoms with E-state index in [1.807, 2.05) is 0 Å². The number of nitrogen functional groups attached to an aromatic ring is 1. The molecule has 0 unspecified atom stereocenters. The van der Waals surface area contributed by atoms with Crippen molar-refractivity contribution in [2.45, 2.75) is 13.0 Å². The second-order valence-corrected chi connectivity index (χ2v) is 3.91. The number of carbonyl (C=O) groups excluding carboxylic acids is 1. The fourth-order valence-corrected chi connectivity index (χ4v) is 1.62. The van der Waals surface area contributed by atoms with Gasteiger partial charge >= 0.3 is 0 Å². The lowest BCUT2D eigenvalue weighted by molar-refractivity contribution is 0.0936. The normalized spacial score (nSPS) is 12.1. The van der Waals surface area contributed by atoms with Crippen LogP contribution in [0.5, 0.6) is 0 Å². The van der Waals surface area contributed by atoms with Crippen LogP contribution in [0.25, 0.3) is 0 Å². The first-order valence-corrected chi connectivity index (χ1v) is 5.48. The van der Waals surface area contributed by atoms with Crippen LogP contribution in [0.4, 0.5) is 10.1 Å². The Labute approximate surface area is 104 Å². The van der Waals surface area contributed by atoms with Crippen LogP contribution in [-0.2, 0) is 0 Å². The van der Waals surface area contributed by atoms with Gasteiger partial charge in [-0.2, -0.15) is 0 Å². The first-order valence-electron chi connectivity index (χ1n) is 5.48. The number of nitrogens with two attached hydrogens (primary N) is 1. The predicted octanol–water partition coefficient (Wildman–Crippen LogP) is 2.49. The SMILES string of the molecule is C[C@H](NC(=O)c1cccc(F)c1N)c1ccco1. The van der Waals surface area contributed by atoms with E-state index in [1.54, 1.807) is 19.1 Å². The predicted molar refractivity (Wildman–Crippen MR) is 65.4 cm³/mol. The van der Waals surface area contributed by atoms with Crippen molar-refractivity contribution in [3.05, 3.63) is 53.7 Å². The van der Waals surface area contributed by atoms with Crippen LogP contribution >= 0.6 is 0 Å². The quantitative estimate of drug-likeness (QED) is 0.820. The zero-order valence-corrected chi connectivity index (χ0v) is 9.81. The monoisotopic (exact) mass is 248 g/mol. The van der Waals surface area contributed by atoms with Gasteiger partial charge in [0.2, 0.25) is 0 Å². The molecule has 0 bridgehead atoms. The number of hydrogen-bond acceptors (Lipinski definition) is 3. The van der Waals surface area contributed by atoms with Gasteiger partial charge in [-0.25, -0.2) is 4.39 Å². The topological polar surface area (TPSA) is 68.3 Å². The Hall–Kier alpha value is -2.30. The zero-order valence-electron chi connectivity index (χ0n) is 9.81. The molecule has 1 amide bonds. The minimum absolute atomic E-state index is 0.119. The molecule has 1 aromatic heterocycles. The third kappa shape index (κ3) is 2.34. The molecule has 1 atom stereocenters. The number of rotatable bonds is 3. The molecule has 0 radical (unpaired) electrons. The molecule has 1 aromatic carbocycles. The van der Waals surface area contributed by atoms with Crippen molar-refractivity contribution in [1.82, 2.24) is 5.32 Å². The highest BCUT2D eigenvalue weighted by Crippen LogP contribution is 2.18. The number of anilines is 1. The second-order valence-electron chi connectivity index (χ2n) is 3.91. The van der Waals surface area contributed by atoms with Crippen LogP contribution in [0.1, 0.15) is 29.1 Å². The summed E-state index contributed by atoms with van der Waals surface area (Å²) in [4.78, 5) is 11.9. The van der Waals surface area contributed by atoms with E-state index in [0.29, 0.717) is 5.76 Å². The Morgan fingerprint density at radius 1 is 1.39 bits per heavy atom. The third-order valence-electron chi connectivity index (χ3n) is 2.62. The maximum Gasteiger partial charge on any atom is 0.254 e. The molecule has 1 heterocycles. The maximum atomic E-state index is 13.2. The van der Waals surface area contributed by atoms with Gasteiger partial charge in [0, 0.05) is 0 Å². The van der Waals surface area contributed by atoms with Gasteiger partial charge in [0.15, 0.2) is 0 Å². The number of halogens is 1. The standard InChI is InChI=1S/C13H13FN2O2/c1-8(11-6-3-7-18-11)16-13(17)9-4-2-5-10(14)12(9)15/h2-8H,15H2,1H3,(H,16,17)/t8-/m0/s1. The molecule has 18 heavy (non-hydrogen) atoms. The summed E-state index contributed by atoms with van der Waals surface area (Å²) < 4.78 is 18.4. The molecule has 0 aliphatic rings. The summed E-state index contributed by atoms with van der Waals surface area (Å²) in [6, 6.07) is 7.30. The average Bonchev–Trinajstić information content (AvgIpc) is 2.86. The molecular formula is C13H13FN2O2. The fourth-order valence-electron chi connectivity index (χ4n) is 1.62. The number of hydrogen-bond donors (Lipinski definition) is 2.